The summed E-state index contributed by atoms with van der Waals surface area (Å²) < 4.78 is 7.38. The first-order valence-corrected chi connectivity index (χ1v) is 9.31. The highest BCUT2D eigenvalue weighted by Crippen LogP contribution is 2.26. The number of hydrogen-bond acceptors (Lipinski definition) is 4. The average Bonchev–Trinajstić information content (AvgIpc) is 3.04. The third-order valence-electron chi connectivity index (χ3n) is 5.04. The number of unbranched alkanes of at least 4 members (excludes halogenated alkanes) is 1. The van der Waals surface area contributed by atoms with Crippen molar-refractivity contribution in [1.29, 1.82) is 0 Å². The molecule has 1 atom stereocenters. The summed E-state index contributed by atoms with van der Waals surface area (Å²) in [6.07, 6.45) is 4.84. The highest BCUT2D eigenvalue weighted by Gasteiger charge is 2.29. The van der Waals surface area contributed by atoms with E-state index in [2.05, 4.69) is 16.5 Å². The summed E-state index contributed by atoms with van der Waals surface area (Å²) in [5.74, 6) is 1.19. The summed E-state index contributed by atoms with van der Waals surface area (Å²) >= 11 is 0. The van der Waals surface area contributed by atoms with Gasteiger partial charge in [-0.2, -0.15) is 0 Å². The molecular formula is C18H28N4O3. The van der Waals surface area contributed by atoms with Crippen molar-refractivity contribution in [2.45, 2.75) is 52.1 Å². The SMILES string of the molecule is CCCCC(=O)N1CCn2cc(CC(=O)N3CCOCC3)nc2[C@@H]1C. The smallest absolute Gasteiger partial charge is 0.228 e. The third kappa shape index (κ3) is 4.03. The highest BCUT2D eigenvalue weighted by atomic mass is 16.5. The molecule has 1 saturated heterocycles. The average molecular weight is 348 g/mol. The summed E-state index contributed by atoms with van der Waals surface area (Å²) in [5, 5.41) is 0. The van der Waals surface area contributed by atoms with Crippen LogP contribution in [-0.4, -0.2) is 64.0 Å². The van der Waals surface area contributed by atoms with Crippen LogP contribution < -0.4 is 0 Å². The molecule has 2 amide bonds. The molecule has 1 aromatic heterocycles. The van der Waals surface area contributed by atoms with E-state index >= 15 is 0 Å². The Bertz CT molecular complexity index is 622. The van der Waals surface area contributed by atoms with Crippen molar-refractivity contribution in [2.75, 3.05) is 32.8 Å². The van der Waals surface area contributed by atoms with E-state index in [1.807, 2.05) is 22.9 Å². The van der Waals surface area contributed by atoms with Crippen LogP contribution in [0, 0.1) is 0 Å². The minimum atomic E-state index is -0.0367. The molecular weight excluding hydrogens is 320 g/mol. The topological polar surface area (TPSA) is 67.7 Å². The highest BCUT2D eigenvalue weighted by molar-refractivity contribution is 5.78. The van der Waals surface area contributed by atoms with Crippen molar-refractivity contribution in [3.63, 3.8) is 0 Å². The molecule has 0 spiro atoms. The van der Waals surface area contributed by atoms with E-state index in [4.69, 9.17) is 4.74 Å². The quantitative estimate of drug-likeness (QED) is 0.806. The zero-order chi connectivity index (χ0) is 17.8. The minimum absolute atomic E-state index is 0.0367. The number of carbonyl (C=O) groups excluding carboxylic acids is 2. The summed E-state index contributed by atoms with van der Waals surface area (Å²) in [5.41, 5.74) is 0.793. The second-order valence-electron chi connectivity index (χ2n) is 6.82. The number of fused-ring (bicyclic) bond motifs is 1. The van der Waals surface area contributed by atoms with Gasteiger partial charge in [-0.1, -0.05) is 13.3 Å². The number of rotatable bonds is 5. The van der Waals surface area contributed by atoms with Crippen molar-refractivity contribution in [2.24, 2.45) is 0 Å². The number of carbonyl (C=O) groups is 2. The van der Waals surface area contributed by atoms with Crippen molar-refractivity contribution >= 4 is 11.8 Å². The van der Waals surface area contributed by atoms with Crippen LogP contribution in [0.15, 0.2) is 6.20 Å². The van der Waals surface area contributed by atoms with E-state index in [9.17, 15) is 9.59 Å². The molecule has 1 aromatic rings. The molecule has 0 unspecified atom stereocenters. The number of ether oxygens (including phenoxy) is 1. The van der Waals surface area contributed by atoms with E-state index in [0.717, 1.165) is 30.9 Å². The number of aromatic nitrogens is 2. The van der Waals surface area contributed by atoms with Crippen molar-refractivity contribution in [3.8, 4) is 0 Å². The first-order valence-electron chi connectivity index (χ1n) is 9.31. The zero-order valence-electron chi connectivity index (χ0n) is 15.2. The van der Waals surface area contributed by atoms with Gasteiger partial charge in [-0.25, -0.2) is 4.98 Å². The molecule has 2 aliphatic heterocycles. The predicted octanol–water partition coefficient (Wildman–Crippen LogP) is 1.38. The summed E-state index contributed by atoms with van der Waals surface area (Å²) in [7, 11) is 0. The molecule has 138 valence electrons. The number of amides is 2. The Morgan fingerprint density at radius 1 is 1.20 bits per heavy atom. The van der Waals surface area contributed by atoms with Crippen LogP contribution in [0.3, 0.4) is 0 Å². The fraction of sp³-hybridized carbons (Fsp3) is 0.722. The second-order valence-corrected chi connectivity index (χ2v) is 6.82. The van der Waals surface area contributed by atoms with Gasteiger partial charge < -0.3 is 19.1 Å². The molecule has 25 heavy (non-hydrogen) atoms. The van der Waals surface area contributed by atoms with Gasteiger partial charge in [0.1, 0.15) is 5.82 Å². The van der Waals surface area contributed by atoms with Crippen molar-refractivity contribution < 1.29 is 14.3 Å². The molecule has 0 aromatic carbocycles. The van der Waals surface area contributed by atoms with Crippen LogP contribution in [0.1, 0.15) is 50.7 Å². The standard InChI is InChI=1S/C18H28N4O3/c1-3-4-5-16(23)22-7-6-21-13-15(19-18(21)14(22)2)12-17(24)20-8-10-25-11-9-20/h13-14H,3-12H2,1-2H3/t14-/m0/s1. The van der Waals surface area contributed by atoms with E-state index in [0.29, 0.717) is 45.7 Å². The van der Waals surface area contributed by atoms with Crippen LogP contribution in [0.4, 0.5) is 0 Å². The predicted molar refractivity (Wildman–Crippen MR) is 93.0 cm³/mol. The Hall–Kier alpha value is -1.89. The Balaban J connectivity index is 1.65. The lowest BCUT2D eigenvalue weighted by molar-refractivity contribution is -0.135. The Labute approximate surface area is 148 Å². The molecule has 3 rings (SSSR count). The molecule has 0 bridgehead atoms. The third-order valence-corrected chi connectivity index (χ3v) is 5.04. The molecule has 7 nitrogen and oxygen atoms in total. The van der Waals surface area contributed by atoms with Gasteiger partial charge in [0, 0.05) is 38.8 Å². The molecule has 0 aliphatic carbocycles. The van der Waals surface area contributed by atoms with E-state index in [-0.39, 0.29) is 17.9 Å². The Morgan fingerprint density at radius 2 is 1.96 bits per heavy atom. The Morgan fingerprint density at radius 3 is 2.68 bits per heavy atom. The molecule has 3 heterocycles. The van der Waals surface area contributed by atoms with Crippen molar-refractivity contribution in [3.05, 3.63) is 17.7 Å². The first kappa shape index (κ1) is 17.9. The first-order chi connectivity index (χ1) is 12.1. The van der Waals surface area contributed by atoms with Gasteiger partial charge >= 0.3 is 0 Å². The largest absolute Gasteiger partial charge is 0.378 e. The fourth-order valence-electron chi connectivity index (χ4n) is 3.52. The van der Waals surface area contributed by atoms with Crippen LogP contribution in [0.25, 0.3) is 0 Å². The van der Waals surface area contributed by atoms with Gasteiger partial charge in [-0.15, -0.1) is 0 Å². The van der Waals surface area contributed by atoms with Crippen LogP contribution >= 0.6 is 0 Å². The maximum Gasteiger partial charge on any atom is 0.228 e. The maximum atomic E-state index is 12.4. The van der Waals surface area contributed by atoms with Gasteiger partial charge in [0.25, 0.3) is 0 Å². The second kappa shape index (κ2) is 7.99. The summed E-state index contributed by atoms with van der Waals surface area (Å²) in [6, 6.07) is -0.0367. The molecule has 0 N–H and O–H groups in total. The van der Waals surface area contributed by atoms with Gasteiger partial charge in [-0.05, 0) is 13.3 Å². The summed E-state index contributed by atoms with van der Waals surface area (Å²) in [4.78, 5) is 33.2. The monoisotopic (exact) mass is 348 g/mol. The normalized spacial score (nSPS) is 20.5. The number of morpholine rings is 1. The van der Waals surface area contributed by atoms with Crippen LogP contribution in [0.5, 0.6) is 0 Å². The Kier molecular flexibility index (Phi) is 5.73. The fourth-order valence-corrected chi connectivity index (χ4v) is 3.52. The number of hydrogen-bond donors (Lipinski definition) is 0. The minimum Gasteiger partial charge on any atom is -0.378 e. The summed E-state index contributed by atoms with van der Waals surface area (Å²) in [6.45, 7) is 8.10. The van der Waals surface area contributed by atoms with Gasteiger partial charge in [0.2, 0.25) is 11.8 Å². The number of imidazole rings is 1. The van der Waals surface area contributed by atoms with Crippen molar-refractivity contribution in [1.82, 2.24) is 19.4 Å². The zero-order valence-corrected chi connectivity index (χ0v) is 15.2. The van der Waals surface area contributed by atoms with Gasteiger partial charge in [0.15, 0.2) is 0 Å². The molecule has 0 radical (unpaired) electrons. The van der Waals surface area contributed by atoms with E-state index in [1.165, 1.54) is 0 Å². The van der Waals surface area contributed by atoms with Crippen LogP contribution in [-0.2, 0) is 27.3 Å². The molecule has 2 aliphatic rings. The van der Waals surface area contributed by atoms with Gasteiger partial charge in [-0.3, -0.25) is 9.59 Å². The lowest BCUT2D eigenvalue weighted by atomic mass is 10.1. The molecule has 7 heteroatoms. The van der Waals surface area contributed by atoms with Gasteiger partial charge in [0.05, 0.1) is 31.4 Å². The lowest BCUT2D eigenvalue weighted by Gasteiger charge is -2.33. The molecule has 0 saturated carbocycles. The van der Waals surface area contributed by atoms with E-state index < -0.39 is 0 Å². The van der Waals surface area contributed by atoms with Crippen LogP contribution in [0.2, 0.25) is 0 Å². The number of nitrogens with zero attached hydrogens (tertiary/aromatic N) is 4. The maximum absolute atomic E-state index is 12.4. The lowest BCUT2D eigenvalue weighted by Crippen LogP contribution is -2.41. The molecule has 1 fully saturated rings. The van der Waals surface area contributed by atoms with E-state index in [1.54, 1.807) is 0 Å².